The molecule has 1 amide bonds. The van der Waals surface area contributed by atoms with Crippen molar-refractivity contribution in [3.63, 3.8) is 0 Å². The van der Waals surface area contributed by atoms with E-state index in [0.717, 1.165) is 24.3 Å². The molecule has 1 aromatic carbocycles. The molecule has 1 fully saturated rings. The van der Waals surface area contributed by atoms with Crippen molar-refractivity contribution in [3.8, 4) is 0 Å². The van der Waals surface area contributed by atoms with Crippen LogP contribution in [0.3, 0.4) is 0 Å². The Kier molecular flexibility index (Phi) is 4.30. The minimum absolute atomic E-state index is 0.0223. The van der Waals surface area contributed by atoms with Crippen molar-refractivity contribution in [2.45, 2.75) is 26.4 Å². The highest BCUT2D eigenvalue weighted by Gasteiger charge is 2.28. The van der Waals surface area contributed by atoms with Gasteiger partial charge in [-0.1, -0.05) is 6.07 Å². The first-order chi connectivity index (χ1) is 9.35. The van der Waals surface area contributed by atoms with Crippen molar-refractivity contribution in [2.75, 3.05) is 37.3 Å². The molecule has 0 aliphatic carbocycles. The van der Waals surface area contributed by atoms with Crippen molar-refractivity contribution < 1.29 is 9.53 Å². The van der Waals surface area contributed by atoms with Gasteiger partial charge in [-0.15, -0.1) is 0 Å². The summed E-state index contributed by atoms with van der Waals surface area (Å²) in [5.74, 6) is -0.0223. The first-order valence-corrected chi connectivity index (χ1v) is 6.88. The van der Waals surface area contributed by atoms with Gasteiger partial charge in [-0.25, -0.2) is 0 Å². The Balaban J connectivity index is 1.90. The zero-order chi connectivity index (χ0) is 14.8. The van der Waals surface area contributed by atoms with Gasteiger partial charge in [0, 0.05) is 24.5 Å². The maximum atomic E-state index is 12.1. The maximum Gasteiger partial charge on any atom is 0.238 e. The fourth-order valence-electron chi connectivity index (χ4n) is 2.37. The Hall–Kier alpha value is -1.59. The average Bonchev–Trinajstić information content (AvgIpc) is 2.32. The van der Waals surface area contributed by atoms with Crippen LogP contribution in [0.1, 0.15) is 19.4 Å². The summed E-state index contributed by atoms with van der Waals surface area (Å²) in [6.45, 7) is 8.61. The Morgan fingerprint density at radius 2 is 2.25 bits per heavy atom. The molecule has 1 aliphatic heterocycles. The zero-order valence-electron chi connectivity index (χ0n) is 12.4. The van der Waals surface area contributed by atoms with Crippen molar-refractivity contribution >= 4 is 17.3 Å². The number of anilines is 2. The molecule has 0 bridgehead atoms. The van der Waals surface area contributed by atoms with Crippen LogP contribution >= 0.6 is 0 Å². The highest BCUT2D eigenvalue weighted by Crippen LogP contribution is 2.18. The Bertz CT molecular complexity index is 500. The number of morpholine rings is 1. The second-order valence-electron chi connectivity index (χ2n) is 5.94. The Labute approximate surface area is 120 Å². The summed E-state index contributed by atoms with van der Waals surface area (Å²) in [4.78, 5) is 14.2. The minimum atomic E-state index is -0.188. The van der Waals surface area contributed by atoms with Gasteiger partial charge in [-0.3, -0.25) is 9.69 Å². The zero-order valence-corrected chi connectivity index (χ0v) is 12.4. The number of nitrogen functional groups attached to an aromatic ring is 1. The van der Waals surface area contributed by atoms with Gasteiger partial charge in [-0.05, 0) is 38.5 Å². The first kappa shape index (κ1) is 14.8. The lowest BCUT2D eigenvalue weighted by Crippen LogP contribution is -2.50. The molecular weight excluding hydrogens is 254 g/mol. The number of rotatable bonds is 3. The van der Waals surface area contributed by atoms with Crippen LogP contribution in [0.25, 0.3) is 0 Å². The summed E-state index contributed by atoms with van der Waals surface area (Å²) >= 11 is 0. The number of carbonyl (C=O) groups excluding carboxylic acids is 1. The van der Waals surface area contributed by atoms with Gasteiger partial charge in [0.25, 0.3) is 0 Å². The van der Waals surface area contributed by atoms with Crippen LogP contribution in [0, 0.1) is 6.92 Å². The van der Waals surface area contributed by atoms with Crippen LogP contribution in [-0.2, 0) is 9.53 Å². The summed E-state index contributed by atoms with van der Waals surface area (Å²) < 4.78 is 5.63. The molecule has 5 nitrogen and oxygen atoms in total. The number of hydrogen-bond acceptors (Lipinski definition) is 4. The van der Waals surface area contributed by atoms with Gasteiger partial charge in [-0.2, -0.15) is 0 Å². The van der Waals surface area contributed by atoms with Crippen LogP contribution in [0.5, 0.6) is 0 Å². The molecule has 1 heterocycles. The van der Waals surface area contributed by atoms with E-state index in [1.807, 2.05) is 32.9 Å². The number of carbonyl (C=O) groups is 1. The normalized spacial score (nSPS) is 18.8. The lowest BCUT2D eigenvalue weighted by atomic mass is 10.1. The molecule has 1 saturated heterocycles. The number of nitrogens with zero attached hydrogens (tertiary/aromatic N) is 1. The second kappa shape index (κ2) is 5.81. The van der Waals surface area contributed by atoms with E-state index in [4.69, 9.17) is 10.5 Å². The fourth-order valence-corrected chi connectivity index (χ4v) is 2.37. The van der Waals surface area contributed by atoms with Crippen LogP contribution < -0.4 is 11.1 Å². The van der Waals surface area contributed by atoms with E-state index in [0.29, 0.717) is 18.8 Å². The van der Waals surface area contributed by atoms with Gasteiger partial charge < -0.3 is 15.8 Å². The highest BCUT2D eigenvalue weighted by atomic mass is 16.5. The Morgan fingerprint density at radius 1 is 1.50 bits per heavy atom. The molecule has 3 N–H and O–H groups in total. The molecule has 2 rings (SSSR count). The third-order valence-corrected chi connectivity index (χ3v) is 3.43. The molecule has 0 unspecified atom stereocenters. The SMILES string of the molecule is Cc1ccc(NC(=O)CN2CCOC(C)(C)C2)cc1N. The maximum absolute atomic E-state index is 12.1. The van der Waals surface area contributed by atoms with Gasteiger partial charge in [0.2, 0.25) is 5.91 Å². The van der Waals surface area contributed by atoms with Crippen molar-refractivity contribution in [1.82, 2.24) is 4.90 Å². The molecular formula is C15H23N3O2. The molecule has 0 spiro atoms. The second-order valence-corrected chi connectivity index (χ2v) is 5.94. The summed E-state index contributed by atoms with van der Waals surface area (Å²) in [6, 6.07) is 5.56. The van der Waals surface area contributed by atoms with Crippen molar-refractivity contribution in [1.29, 1.82) is 0 Å². The van der Waals surface area contributed by atoms with Crippen LogP contribution in [-0.4, -0.2) is 42.6 Å². The average molecular weight is 277 g/mol. The third kappa shape index (κ3) is 3.95. The molecule has 20 heavy (non-hydrogen) atoms. The van der Waals surface area contributed by atoms with Gasteiger partial charge in [0.1, 0.15) is 0 Å². The van der Waals surface area contributed by atoms with Gasteiger partial charge in [0.15, 0.2) is 0 Å². The molecule has 5 heteroatoms. The lowest BCUT2D eigenvalue weighted by Gasteiger charge is -2.37. The number of benzene rings is 1. The summed E-state index contributed by atoms with van der Waals surface area (Å²) in [7, 11) is 0. The molecule has 0 radical (unpaired) electrons. The van der Waals surface area contributed by atoms with E-state index in [2.05, 4.69) is 10.2 Å². The summed E-state index contributed by atoms with van der Waals surface area (Å²) in [5.41, 5.74) is 8.09. The van der Waals surface area contributed by atoms with E-state index < -0.39 is 0 Å². The van der Waals surface area contributed by atoms with E-state index in [1.54, 1.807) is 6.07 Å². The minimum Gasteiger partial charge on any atom is -0.398 e. The molecule has 1 aliphatic rings. The number of ether oxygens (including phenoxy) is 1. The van der Waals surface area contributed by atoms with Crippen LogP contribution in [0.4, 0.5) is 11.4 Å². The molecule has 0 saturated carbocycles. The predicted molar refractivity (Wildman–Crippen MR) is 80.7 cm³/mol. The summed E-state index contributed by atoms with van der Waals surface area (Å²) in [6.07, 6.45) is 0. The largest absolute Gasteiger partial charge is 0.398 e. The third-order valence-electron chi connectivity index (χ3n) is 3.43. The van der Waals surface area contributed by atoms with Crippen molar-refractivity contribution in [3.05, 3.63) is 23.8 Å². The monoisotopic (exact) mass is 277 g/mol. The van der Waals surface area contributed by atoms with Crippen molar-refractivity contribution in [2.24, 2.45) is 0 Å². The smallest absolute Gasteiger partial charge is 0.238 e. The van der Waals surface area contributed by atoms with E-state index in [1.165, 1.54) is 0 Å². The number of amides is 1. The number of aryl methyl sites for hydroxylation is 1. The Morgan fingerprint density at radius 3 is 2.90 bits per heavy atom. The lowest BCUT2D eigenvalue weighted by molar-refractivity contribution is -0.122. The number of hydrogen-bond donors (Lipinski definition) is 2. The first-order valence-electron chi connectivity index (χ1n) is 6.88. The van der Waals surface area contributed by atoms with Crippen LogP contribution in [0.2, 0.25) is 0 Å². The van der Waals surface area contributed by atoms with E-state index in [9.17, 15) is 4.79 Å². The quantitative estimate of drug-likeness (QED) is 0.824. The number of nitrogens with one attached hydrogen (secondary N) is 1. The molecule has 110 valence electrons. The topological polar surface area (TPSA) is 67.6 Å². The fraction of sp³-hybridized carbons (Fsp3) is 0.533. The molecule has 0 aromatic heterocycles. The van der Waals surface area contributed by atoms with E-state index in [-0.39, 0.29) is 11.5 Å². The predicted octanol–water partition coefficient (Wildman–Crippen LogP) is 1.63. The molecule has 0 atom stereocenters. The standard InChI is InChI=1S/C15H23N3O2/c1-11-4-5-12(8-13(11)16)17-14(19)9-18-6-7-20-15(2,3)10-18/h4-5,8H,6-7,9-10,16H2,1-3H3,(H,17,19). The molecule has 1 aromatic rings. The summed E-state index contributed by atoms with van der Waals surface area (Å²) in [5, 5.41) is 2.88. The van der Waals surface area contributed by atoms with Gasteiger partial charge >= 0.3 is 0 Å². The highest BCUT2D eigenvalue weighted by molar-refractivity contribution is 5.92. The van der Waals surface area contributed by atoms with E-state index >= 15 is 0 Å². The number of nitrogens with two attached hydrogens (primary N) is 1. The van der Waals surface area contributed by atoms with Crippen LogP contribution in [0.15, 0.2) is 18.2 Å². The van der Waals surface area contributed by atoms with Gasteiger partial charge in [0.05, 0.1) is 18.8 Å².